The molecule has 0 saturated carbocycles. The van der Waals surface area contributed by atoms with Crippen LogP contribution in [0.1, 0.15) is 59.3 Å². The number of carbonyl (C=O) groups is 3. The van der Waals surface area contributed by atoms with Gasteiger partial charge in [-0.25, -0.2) is 9.59 Å². The standard InChI is InChI=1S/C15H21NO6/c1-8-9(6-7-10(17)21-5)12(13(18)19)16-11(8)14(20)22-15(2,3)4/h16H,6-7H2,1-5H3,(H,18,19). The van der Waals surface area contributed by atoms with E-state index in [1.807, 2.05) is 0 Å². The van der Waals surface area contributed by atoms with Gasteiger partial charge >= 0.3 is 17.9 Å². The second-order valence-corrected chi connectivity index (χ2v) is 5.86. The second-order valence-electron chi connectivity index (χ2n) is 5.86. The lowest BCUT2D eigenvalue weighted by Crippen LogP contribution is -2.24. The van der Waals surface area contributed by atoms with Crippen LogP contribution in [-0.4, -0.2) is 40.7 Å². The molecule has 0 spiro atoms. The number of esters is 2. The highest BCUT2D eigenvalue weighted by atomic mass is 16.6. The van der Waals surface area contributed by atoms with Crippen molar-refractivity contribution in [2.45, 2.75) is 46.1 Å². The van der Waals surface area contributed by atoms with Gasteiger partial charge in [-0.15, -0.1) is 0 Å². The third-order valence-electron chi connectivity index (χ3n) is 3.00. The van der Waals surface area contributed by atoms with Crippen molar-refractivity contribution in [2.24, 2.45) is 0 Å². The Hall–Kier alpha value is -2.31. The maximum absolute atomic E-state index is 12.1. The van der Waals surface area contributed by atoms with E-state index in [1.54, 1.807) is 27.7 Å². The van der Waals surface area contributed by atoms with Gasteiger partial charge in [-0.05, 0) is 45.2 Å². The molecular weight excluding hydrogens is 290 g/mol. The lowest BCUT2D eigenvalue weighted by atomic mass is 10.0. The van der Waals surface area contributed by atoms with E-state index in [9.17, 15) is 19.5 Å². The summed E-state index contributed by atoms with van der Waals surface area (Å²) in [6.45, 7) is 6.78. The van der Waals surface area contributed by atoms with Gasteiger partial charge in [-0.1, -0.05) is 0 Å². The molecule has 1 rings (SSSR count). The molecule has 0 atom stereocenters. The summed E-state index contributed by atoms with van der Waals surface area (Å²) in [4.78, 5) is 37.3. The van der Waals surface area contributed by atoms with E-state index in [-0.39, 0.29) is 24.2 Å². The Morgan fingerprint density at radius 3 is 2.23 bits per heavy atom. The molecule has 2 N–H and O–H groups in total. The van der Waals surface area contributed by atoms with Crippen LogP contribution >= 0.6 is 0 Å². The van der Waals surface area contributed by atoms with Crippen molar-refractivity contribution in [1.82, 2.24) is 4.98 Å². The highest BCUT2D eigenvalue weighted by Crippen LogP contribution is 2.23. The molecule has 1 aromatic rings. The molecule has 1 aromatic heterocycles. The highest BCUT2D eigenvalue weighted by Gasteiger charge is 2.26. The first-order valence-electron chi connectivity index (χ1n) is 6.81. The Balaban J connectivity index is 3.14. The predicted octanol–water partition coefficient (Wildman–Crippen LogP) is 2.08. The number of hydrogen-bond donors (Lipinski definition) is 2. The van der Waals surface area contributed by atoms with Crippen molar-refractivity contribution in [3.8, 4) is 0 Å². The van der Waals surface area contributed by atoms with E-state index in [0.29, 0.717) is 11.1 Å². The summed E-state index contributed by atoms with van der Waals surface area (Å²) >= 11 is 0. The van der Waals surface area contributed by atoms with Gasteiger partial charge in [-0.2, -0.15) is 0 Å². The molecule has 1 heterocycles. The Morgan fingerprint density at radius 1 is 1.18 bits per heavy atom. The fourth-order valence-electron chi connectivity index (χ4n) is 1.99. The average Bonchev–Trinajstić information content (AvgIpc) is 2.71. The van der Waals surface area contributed by atoms with Crippen LogP contribution in [0, 0.1) is 6.92 Å². The molecule has 122 valence electrons. The van der Waals surface area contributed by atoms with Crippen LogP contribution in [0.5, 0.6) is 0 Å². The van der Waals surface area contributed by atoms with Crippen LogP contribution in [-0.2, 0) is 20.7 Å². The number of hydrogen-bond acceptors (Lipinski definition) is 5. The number of aromatic carboxylic acids is 1. The van der Waals surface area contributed by atoms with Gasteiger partial charge in [0.1, 0.15) is 17.0 Å². The van der Waals surface area contributed by atoms with Crippen LogP contribution in [0.15, 0.2) is 0 Å². The summed E-state index contributed by atoms with van der Waals surface area (Å²) in [6, 6.07) is 0. The lowest BCUT2D eigenvalue weighted by Gasteiger charge is -2.19. The Labute approximate surface area is 128 Å². The summed E-state index contributed by atoms with van der Waals surface area (Å²) in [7, 11) is 1.26. The van der Waals surface area contributed by atoms with Crippen LogP contribution in [0.4, 0.5) is 0 Å². The van der Waals surface area contributed by atoms with Gasteiger partial charge in [0.15, 0.2) is 0 Å². The van der Waals surface area contributed by atoms with Crippen molar-refractivity contribution in [3.63, 3.8) is 0 Å². The third kappa shape index (κ3) is 4.34. The number of carboxylic acid groups (broad SMARTS) is 1. The third-order valence-corrected chi connectivity index (χ3v) is 3.00. The van der Waals surface area contributed by atoms with Crippen LogP contribution in [0.25, 0.3) is 0 Å². The summed E-state index contributed by atoms with van der Waals surface area (Å²) in [5, 5.41) is 9.24. The molecule has 0 saturated heterocycles. The topological polar surface area (TPSA) is 106 Å². The quantitative estimate of drug-likeness (QED) is 0.806. The molecule has 0 aliphatic carbocycles. The van der Waals surface area contributed by atoms with Crippen molar-refractivity contribution in [1.29, 1.82) is 0 Å². The van der Waals surface area contributed by atoms with Gasteiger partial charge in [0.25, 0.3) is 0 Å². The van der Waals surface area contributed by atoms with Crippen molar-refractivity contribution < 1.29 is 29.0 Å². The van der Waals surface area contributed by atoms with Crippen LogP contribution < -0.4 is 0 Å². The number of H-pyrrole nitrogens is 1. The van der Waals surface area contributed by atoms with E-state index in [4.69, 9.17) is 4.74 Å². The van der Waals surface area contributed by atoms with Crippen molar-refractivity contribution in [3.05, 3.63) is 22.5 Å². The number of carbonyl (C=O) groups excluding carboxylic acids is 2. The Morgan fingerprint density at radius 2 is 1.77 bits per heavy atom. The second kappa shape index (κ2) is 6.64. The summed E-state index contributed by atoms with van der Waals surface area (Å²) in [6.07, 6.45) is 0.197. The SMILES string of the molecule is COC(=O)CCc1c(C(=O)O)[nH]c(C(=O)OC(C)(C)C)c1C. The number of ether oxygens (including phenoxy) is 2. The maximum atomic E-state index is 12.1. The normalized spacial score (nSPS) is 11.1. The largest absolute Gasteiger partial charge is 0.477 e. The minimum absolute atomic E-state index is 0.0310. The minimum Gasteiger partial charge on any atom is -0.477 e. The number of nitrogens with one attached hydrogen (secondary N) is 1. The number of methoxy groups -OCH3 is 1. The highest BCUT2D eigenvalue weighted by molar-refractivity contribution is 5.95. The molecule has 0 aromatic carbocycles. The maximum Gasteiger partial charge on any atom is 0.355 e. The smallest absolute Gasteiger partial charge is 0.355 e. The molecular formula is C15H21NO6. The van der Waals surface area contributed by atoms with Gasteiger partial charge in [0.2, 0.25) is 0 Å². The fourth-order valence-corrected chi connectivity index (χ4v) is 1.99. The minimum atomic E-state index is -1.20. The summed E-state index contributed by atoms with van der Waals surface area (Å²) in [5.41, 5.74) is 0.160. The molecule has 0 aliphatic heterocycles. The van der Waals surface area contributed by atoms with Gasteiger partial charge in [-0.3, -0.25) is 4.79 Å². The molecule has 7 heteroatoms. The first kappa shape index (κ1) is 17.7. The van der Waals surface area contributed by atoms with E-state index in [2.05, 4.69) is 9.72 Å². The van der Waals surface area contributed by atoms with Crippen molar-refractivity contribution in [2.75, 3.05) is 7.11 Å². The molecule has 0 fully saturated rings. The molecule has 7 nitrogen and oxygen atoms in total. The lowest BCUT2D eigenvalue weighted by molar-refractivity contribution is -0.140. The Kier molecular flexibility index (Phi) is 5.35. The van der Waals surface area contributed by atoms with E-state index < -0.39 is 23.5 Å². The monoisotopic (exact) mass is 311 g/mol. The molecule has 22 heavy (non-hydrogen) atoms. The zero-order valence-electron chi connectivity index (χ0n) is 13.4. The van der Waals surface area contributed by atoms with E-state index in [0.717, 1.165) is 0 Å². The summed E-state index contributed by atoms with van der Waals surface area (Å²) in [5.74, 6) is -2.27. The van der Waals surface area contributed by atoms with E-state index >= 15 is 0 Å². The Bertz CT molecular complexity index is 594. The number of aromatic amines is 1. The first-order valence-corrected chi connectivity index (χ1v) is 6.81. The van der Waals surface area contributed by atoms with Crippen molar-refractivity contribution >= 4 is 17.9 Å². The molecule has 0 amide bonds. The zero-order valence-corrected chi connectivity index (χ0v) is 13.4. The zero-order chi connectivity index (χ0) is 17.1. The van der Waals surface area contributed by atoms with Crippen LogP contribution in [0.3, 0.4) is 0 Å². The summed E-state index contributed by atoms with van der Waals surface area (Å²) < 4.78 is 9.79. The average molecular weight is 311 g/mol. The van der Waals surface area contributed by atoms with E-state index in [1.165, 1.54) is 7.11 Å². The molecule has 0 unspecified atom stereocenters. The number of carboxylic acids is 1. The fraction of sp³-hybridized carbons (Fsp3) is 0.533. The first-order chi connectivity index (χ1) is 10.1. The number of rotatable bonds is 5. The molecule has 0 aliphatic rings. The molecule has 0 radical (unpaired) electrons. The predicted molar refractivity (Wildman–Crippen MR) is 78.0 cm³/mol. The van der Waals surface area contributed by atoms with Crippen LogP contribution in [0.2, 0.25) is 0 Å². The number of aromatic nitrogens is 1. The van der Waals surface area contributed by atoms with Gasteiger partial charge in [0.05, 0.1) is 7.11 Å². The van der Waals surface area contributed by atoms with Gasteiger partial charge < -0.3 is 19.6 Å². The molecule has 0 bridgehead atoms. The van der Waals surface area contributed by atoms with Gasteiger partial charge in [0, 0.05) is 6.42 Å².